The first-order valence-electron chi connectivity index (χ1n) is 7.60. The fourth-order valence-electron chi connectivity index (χ4n) is 2.36. The summed E-state index contributed by atoms with van der Waals surface area (Å²) in [6.45, 7) is 1.97. The zero-order valence-electron chi connectivity index (χ0n) is 13.4. The van der Waals surface area contributed by atoms with Gasteiger partial charge in [0.05, 0.1) is 13.2 Å². The van der Waals surface area contributed by atoms with E-state index in [0.29, 0.717) is 11.0 Å². The Balaban J connectivity index is 1.68. The maximum atomic E-state index is 12.4. The summed E-state index contributed by atoms with van der Waals surface area (Å²) >= 11 is 1.46. The molecule has 7 heteroatoms. The zero-order chi connectivity index (χ0) is 16.4. The third-order valence-electron chi connectivity index (χ3n) is 4.07. The molecule has 1 N–H and O–H groups in total. The van der Waals surface area contributed by atoms with E-state index in [1.54, 1.807) is 19.1 Å². The predicted octanol–water partition coefficient (Wildman–Crippen LogP) is 3.65. The van der Waals surface area contributed by atoms with Crippen LogP contribution in [0.1, 0.15) is 42.3 Å². The zero-order valence-corrected chi connectivity index (χ0v) is 14.3. The molecule has 0 spiro atoms. The summed E-state index contributed by atoms with van der Waals surface area (Å²) in [6, 6.07) is 7.37. The van der Waals surface area contributed by atoms with Gasteiger partial charge in [-0.05, 0) is 25.8 Å². The van der Waals surface area contributed by atoms with Gasteiger partial charge < -0.3 is 9.64 Å². The van der Waals surface area contributed by atoms with Crippen molar-refractivity contribution in [3.63, 3.8) is 0 Å². The first kappa shape index (κ1) is 15.7. The number of para-hydroxylation sites is 1. The first-order valence-corrected chi connectivity index (χ1v) is 8.42. The quantitative estimate of drug-likeness (QED) is 0.907. The third-order valence-corrected chi connectivity index (χ3v) is 5.07. The lowest BCUT2D eigenvalue weighted by Crippen LogP contribution is -2.33. The minimum absolute atomic E-state index is 0.123. The van der Waals surface area contributed by atoms with E-state index in [1.165, 1.54) is 24.2 Å². The lowest BCUT2D eigenvalue weighted by Gasteiger charge is -2.26. The Morgan fingerprint density at radius 2 is 2.13 bits per heavy atom. The molecular weight excluding hydrogens is 312 g/mol. The molecule has 1 saturated carbocycles. The number of aromatic nitrogens is 2. The van der Waals surface area contributed by atoms with Gasteiger partial charge in [-0.2, -0.15) is 0 Å². The molecule has 1 aromatic carbocycles. The first-order chi connectivity index (χ1) is 11.1. The number of carbonyl (C=O) groups is 1. The highest BCUT2D eigenvalue weighted by Gasteiger charge is 2.28. The second kappa shape index (κ2) is 6.54. The number of amides is 2. The van der Waals surface area contributed by atoms with Crippen molar-refractivity contribution in [3.05, 3.63) is 34.8 Å². The van der Waals surface area contributed by atoms with Crippen molar-refractivity contribution in [3.8, 4) is 5.75 Å². The average molecular weight is 332 g/mol. The van der Waals surface area contributed by atoms with Crippen LogP contribution in [0.25, 0.3) is 0 Å². The SMILES string of the molecule is COc1ccccc1[C@H](C)N(C)C(=O)Nc1nnc(C2CC2)s1. The highest BCUT2D eigenvalue weighted by molar-refractivity contribution is 7.15. The van der Waals surface area contributed by atoms with Crippen LogP contribution in [-0.4, -0.2) is 35.3 Å². The van der Waals surface area contributed by atoms with Crippen LogP contribution >= 0.6 is 11.3 Å². The molecule has 1 fully saturated rings. The van der Waals surface area contributed by atoms with Gasteiger partial charge in [0, 0.05) is 18.5 Å². The molecule has 1 aliphatic carbocycles. The van der Waals surface area contributed by atoms with E-state index in [4.69, 9.17) is 4.74 Å². The number of methoxy groups -OCH3 is 1. The van der Waals surface area contributed by atoms with Gasteiger partial charge in [0.15, 0.2) is 0 Å². The van der Waals surface area contributed by atoms with Crippen molar-refractivity contribution in [1.82, 2.24) is 15.1 Å². The molecule has 0 saturated heterocycles. The highest BCUT2D eigenvalue weighted by atomic mass is 32.1. The van der Waals surface area contributed by atoms with E-state index in [2.05, 4.69) is 15.5 Å². The Morgan fingerprint density at radius 1 is 1.39 bits per heavy atom. The van der Waals surface area contributed by atoms with Crippen LogP contribution in [0.5, 0.6) is 5.75 Å². The van der Waals surface area contributed by atoms with Crippen molar-refractivity contribution in [1.29, 1.82) is 0 Å². The molecule has 0 bridgehead atoms. The summed E-state index contributed by atoms with van der Waals surface area (Å²) in [6.07, 6.45) is 2.35. The van der Waals surface area contributed by atoms with Crippen LogP contribution in [0.15, 0.2) is 24.3 Å². The molecule has 1 aliphatic rings. The molecule has 6 nitrogen and oxygen atoms in total. The number of carbonyl (C=O) groups excluding carboxylic acids is 1. The van der Waals surface area contributed by atoms with E-state index >= 15 is 0 Å². The maximum absolute atomic E-state index is 12.4. The molecule has 122 valence electrons. The molecule has 1 atom stereocenters. The predicted molar refractivity (Wildman–Crippen MR) is 90.1 cm³/mol. The van der Waals surface area contributed by atoms with Crippen molar-refractivity contribution in [2.45, 2.75) is 31.7 Å². The lowest BCUT2D eigenvalue weighted by molar-refractivity contribution is 0.207. The summed E-state index contributed by atoms with van der Waals surface area (Å²) in [5.74, 6) is 1.31. The fourth-order valence-corrected chi connectivity index (χ4v) is 3.26. The van der Waals surface area contributed by atoms with Gasteiger partial charge in [0.2, 0.25) is 5.13 Å². The van der Waals surface area contributed by atoms with Gasteiger partial charge in [-0.1, -0.05) is 29.5 Å². The molecule has 1 aromatic heterocycles. The number of rotatable bonds is 5. The van der Waals surface area contributed by atoms with Gasteiger partial charge in [-0.3, -0.25) is 5.32 Å². The number of nitrogens with zero attached hydrogens (tertiary/aromatic N) is 3. The van der Waals surface area contributed by atoms with Crippen LogP contribution in [-0.2, 0) is 0 Å². The van der Waals surface area contributed by atoms with E-state index < -0.39 is 0 Å². The number of nitrogens with one attached hydrogen (secondary N) is 1. The van der Waals surface area contributed by atoms with E-state index in [-0.39, 0.29) is 12.1 Å². The van der Waals surface area contributed by atoms with Crippen molar-refractivity contribution in [2.75, 3.05) is 19.5 Å². The minimum Gasteiger partial charge on any atom is -0.496 e. The Kier molecular flexibility index (Phi) is 4.47. The Hall–Kier alpha value is -2.15. The molecule has 2 amide bonds. The number of anilines is 1. The van der Waals surface area contributed by atoms with Crippen LogP contribution in [0.3, 0.4) is 0 Å². The standard InChI is InChI=1S/C16H20N4O2S/c1-10(12-6-4-5-7-13(12)22-3)20(2)16(21)17-15-19-18-14(23-15)11-8-9-11/h4-7,10-11H,8-9H2,1-3H3,(H,17,19,21)/t10-/m0/s1. The largest absolute Gasteiger partial charge is 0.496 e. The second-order valence-electron chi connectivity index (χ2n) is 5.68. The smallest absolute Gasteiger partial charge is 0.323 e. The van der Waals surface area contributed by atoms with E-state index in [9.17, 15) is 4.79 Å². The monoisotopic (exact) mass is 332 g/mol. The summed E-state index contributed by atoms with van der Waals surface area (Å²) in [7, 11) is 3.39. The molecule has 0 unspecified atom stereocenters. The minimum atomic E-state index is -0.207. The van der Waals surface area contributed by atoms with Crippen LogP contribution in [0.4, 0.5) is 9.93 Å². The molecule has 2 aromatic rings. The van der Waals surface area contributed by atoms with Gasteiger partial charge in [0.25, 0.3) is 0 Å². The molecule has 0 radical (unpaired) electrons. The van der Waals surface area contributed by atoms with E-state index in [0.717, 1.165) is 16.3 Å². The summed E-state index contributed by atoms with van der Waals surface area (Å²) < 4.78 is 5.37. The van der Waals surface area contributed by atoms with Crippen molar-refractivity contribution >= 4 is 22.5 Å². The molecule has 23 heavy (non-hydrogen) atoms. The Bertz CT molecular complexity index is 699. The summed E-state index contributed by atoms with van der Waals surface area (Å²) in [5, 5.41) is 12.6. The van der Waals surface area contributed by atoms with Crippen LogP contribution in [0.2, 0.25) is 0 Å². The van der Waals surface area contributed by atoms with Gasteiger partial charge in [-0.25, -0.2) is 4.79 Å². The number of hydrogen-bond acceptors (Lipinski definition) is 5. The van der Waals surface area contributed by atoms with Crippen LogP contribution in [0, 0.1) is 0 Å². The number of benzene rings is 1. The molecule has 3 rings (SSSR count). The third kappa shape index (κ3) is 3.44. The average Bonchev–Trinajstić information content (AvgIpc) is 3.33. The van der Waals surface area contributed by atoms with Gasteiger partial charge >= 0.3 is 6.03 Å². The number of urea groups is 1. The molecular formula is C16H20N4O2S. The normalized spacial score (nSPS) is 15.1. The fraction of sp³-hybridized carbons (Fsp3) is 0.438. The second-order valence-corrected chi connectivity index (χ2v) is 6.69. The summed E-state index contributed by atoms with van der Waals surface area (Å²) in [4.78, 5) is 14.1. The number of hydrogen-bond donors (Lipinski definition) is 1. The lowest BCUT2D eigenvalue weighted by atomic mass is 10.1. The van der Waals surface area contributed by atoms with Crippen LogP contribution < -0.4 is 10.1 Å². The Labute approximate surface area is 139 Å². The topological polar surface area (TPSA) is 67.3 Å². The highest BCUT2D eigenvalue weighted by Crippen LogP contribution is 2.42. The summed E-state index contributed by atoms with van der Waals surface area (Å²) in [5.41, 5.74) is 0.962. The van der Waals surface area contributed by atoms with Crippen molar-refractivity contribution in [2.24, 2.45) is 0 Å². The van der Waals surface area contributed by atoms with Crippen molar-refractivity contribution < 1.29 is 9.53 Å². The maximum Gasteiger partial charge on any atom is 0.323 e. The Morgan fingerprint density at radius 3 is 2.83 bits per heavy atom. The van der Waals surface area contributed by atoms with Gasteiger partial charge in [0.1, 0.15) is 10.8 Å². The molecule has 0 aliphatic heterocycles. The molecule has 1 heterocycles. The number of ether oxygens (including phenoxy) is 1. The van der Waals surface area contributed by atoms with Gasteiger partial charge in [-0.15, -0.1) is 10.2 Å². The van der Waals surface area contributed by atoms with E-state index in [1.807, 2.05) is 31.2 Å².